The van der Waals surface area contributed by atoms with Crippen molar-refractivity contribution in [3.63, 3.8) is 0 Å². The van der Waals surface area contributed by atoms with E-state index in [1.54, 1.807) is 11.3 Å². The van der Waals surface area contributed by atoms with Gasteiger partial charge in [-0.1, -0.05) is 0 Å². The highest BCUT2D eigenvalue weighted by Gasteiger charge is 2.15. The molecule has 0 spiro atoms. The first-order valence-corrected chi connectivity index (χ1v) is 7.43. The van der Waals surface area contributed by atoms with Crippen molar-refractivity contribution in [3.05, 3.63) is 43.8 Å². The maximum atomic E-state index is 4.20. The smallest absolute Gasteiger partial charge is 0.0701 e. The number of rotatable bonds is 4. The van der Waals surface area contributed by atoms with E-state index < -0.39 is 0 Å². The van der Waals surface area contributed by atoms with Gasteiger partial charge in [0.05, 0.1) is 15.2 Å². The van der Waals surface area contributed by atoms with Crippen LogP contribution in [0.2, 0.25) is 0 Å². The van der Waals surface area contributed by atoms with Crippen LogP contribution < -0.4 is 5.32 Å². The van der Waals surface area contributed by atoms with Crippen molar-refractivity contribution in [2.45, 2.75) is 26.3 Å². The Bertz CT molecular complexity index is 539. The Balaban J connectivity index is 2.25. The number of aromatic nitrogens is 2. The molecule has 18 heavy (non-hydrogen) atoms. The van der Waals surface area contributed by atoms with Crippen molar-refractivity contribution in [1.82, 2.24) is 15.5 Å². The summed E-state index contributed by atoms with van der Waals surface area (Å²) in [6, 6.07) is 6.65. The van der Waals surface area contributed by atoms with Crippen molar-refractivity contribution < 1.29 is 0 Å². The average Bonchev–Trinajstić information content (AvgIpc) is 2.75. The minimum absolute atomic E-state index is 0.282. The number of halogens is 1. The average molecular weight is 326 g/mol. The molecule has 0 amide bonds. The van der Waals surface area contributed by atoms with E-state index in [2.05, 4.69) is 49.6 Å². The molecular formula is C13H16BrN3S. The number of aryl methyl sites for hydroxylation is 2. The molecule has 0 bridgehead atoms. The van der Waals surface area contributed by atoms with Gasteiger partial charge in [0.25, 0.3) is 0 Å². The summed E-state index contributed by atoms with van der Waals surface area (Å²) in [5.74, 6) is 0. The van der Waals surface area contributed by atoms with Crippen molar-refractivity contribution in [2.75, 3.05) is 7.05 Å². The largest absolute Gasteiger partial charge is 0.313 e. The number of likely N-dealkylation sites (N-methyl/N-ethyl adjacent to an activating group) is 1. The van der Waals surface area contributed by atoms with Gasteiger partial charge in [-0.2, -0.15) is 10.2 Å². The molecule has 2 heterocycles. The summed E-state index contributed by atoms with van der Waals surface area (Å²) in [6.45, 7) is 3.99. The number of thiophene rings is 1. The first-order valence-electron chi connectivity index (χ1n) is 5.82. The third-order valence-electron chi connectivity index (χ3n) is 2.90. The first-order chi connectivity index (χ1) is 8.60. The predicted molar refractivity (Wildman–Crippen MR) is 79.0 cm³/mol. The van der Waals surface area contributed by atoms with E-state index in [1.807, 2.05) is 20.9 Å². The van der Waals surface area contributed by atoms with E-state index in [9.17, 15) is 0 Å². The van der Waals surface area contributed by atoms with Crippen LogP contribution in [0.25, 0.3) is 0 Å². The van der Waals surface area contributed by atoms with Crippen molar-refractivity contribution in [1.29, 1.82) is 0 Å². The topological polar surface area (TPSA) is 37.8 Å². The maximum Gasteiger partial charge on any atom is 0.0701 e. The Labute approximate surface area is 120 Å². The van der Waals surface area contributed by atoms with Gasteiger partial charge in [-0.25, -0.2) is 0 Å². The molecule has 1 N–H and O–H groups in total. The van der Waals surface area contributed by atoms with Crippen LogP contribution in [0.5, 0.6) is 0 Å². The van der Waals surface area contributed by atoms with Gasteiger partial charge >= 0.3 is 0 Å². The normalized spacial score (nSPS) is 12.7. The lowest BCUT2D eigenvalue weighted by Gasteiger charge is -2.17. The van der Waals surface area contributed by atoms with E-state index in [4.69, 9.17) is 0 Å². The second-order valence-corrected chi connectivity index (χ2v) is 6.83. The molecule has 1 atom stereocenters. The zero-order valence-electron chi connectivity index (χ0n) is 10.7. The SMILES string of the molecule is CNC(Cc1ccc(Br)s1)c1cc(C)nnc1C. The summed E-state index contributed by atoms with van der Waals surface area (Å²) >= 11 is 5.28. The van der Waals surface area contributed by atoms with Crippen LogP contribution in [-0.4, -0.2) is 17.2 Å². The van der Waals surface area contributed by atoms with Gasteiger partial charge in [0.15, 0.2) is 0 Å². The van der Waals surface area contributed by atoms with Crippen LogP contribution in [0.3, 0.4) is 0 Å². The Morgan fingerprint density at radius 1 is 1.33 bits per heavy atom. The fourth-order valence-corrected chi connectivity index (χ4v) is 3.48. The molecule has 5 heteroatoms. The molecular weight excluding hydrogens is 310 g/mol. The molecule has 0 saturated heterocycles. The predicted octanol–water partition coefficient (Wildman–Crippen LogP) is 3.42. The standard InChI is InChI=1S/C13H16BrN3S/c1-8-6-11(9(2)17-16-8)12(15-3)7-10-4-5-13(14)18-10/h4-6,12,15H,7H2,1-3H3. The molecule has 2 aromatic heterocycles. The van der Waals surface area contributed by atoms with Gasteiger partial charge in [-0.15, -0.1) is 11.3 Å². The maximum absolute atomic E-state index is 4.20. The number of hydrogen-bond acceptors (Lipinski definition) is 4. The third kappa shape index (κ3) is 3.16. The lowest BCUT2D eigenvalue weighted by atomic mass is 10.0. The molecule has 96 valence electrons. The zero-order chi connectivity index (χ0) is 13.1. The Morgan fingerprint density at radius 2 is 2.11 bits per heavy atom. The second-order valence-electron chi connectivity index (χ2n) is 4.28. The van der Waals surface area contributed by atoms with Gasteiger partial charge in [0.2, 0.25) is 0 Å². The van der Waals surface area contributed by atoms with Crippen LogP contribution in [0, 0.1) is 13.8 Å². The summed E-state index contributed by atoms with van der Waals surface area (Å²) in [5, 5.41) is 11.7. The molecule has 0 aliphatic rings. The number of nitrogens with one attached hydrogen (secondary N) is 1. The molecule has 0 radical (unpaired) electrons. The van der Waals surface area contributed by atoms with Gasteiger partial charge in [0, 0.05) is 17.3 Å². The lowest BCUT2D eigenvalue weighted by Crippen LogP contribution is -2.20. The summed E-state index contributed by atoms with van der Waals surface area (Å²) in [5.41, 5.74) is 3.19. The van der Waals surface area contributed by atoms with Crippen LogP contribution in [0.1, 0.15) is 27.9 Å². The summed E-state index contributed by atoms with van der Waals surface area (Å²) in [4.78, 5) is 1.36. The van der Waals surface area contributed by atoms with Crippen LogP contribution in [0.15, 0.2) is 22.0 Å². The fourth-order valence-electron chi connectivity index (χ4n) is 1.95. The first kappa shape index (κ1) is 13.6. The molecule has 1 unspecified atom stereocenters. The van der Waals surface area contributed by atoms with E-state index in [0.717, 1.165) is 17.8 Å². The lowest BCUT2D eigenvalue weighted by molar-refractivity contribution is 0.586. The van der Waals surface area contributed by atoms with Gasteiger partial charge in [-0.05, 0) is 60.6 Å². The molecule has 0 aliphatic heterocycles. The Morgan fingerprint density at radius 3 is 2.72 bits per heavy atom. The molecule has 0 saturated carbocycles. The van der Waals surface area contributed by atoms with Crippen molar-refractivity contribution >= 4 is 27.3 Å². The van der Waals surface area contributed by atoms with Gasteiger partial charge in [-0.3, -0.25) is 0 Å². The molecule has 0 aromatic carbocycles. The molecule has 2 rings (SSSR count). The second kappa shape index (κ2) is 5.91. The number of hydrogen-bond donors (Lipinski definition) is 1. The molecule has 0 fully saturated rings. The number of nitrogens with zero attached hydrogens (tertiary/aromatic N) is 2. The molecule has 2 aromatic rings. The van der Waals surface area contributed by atoms with E-state index in [-0.39, 0.29) is 6.04 Å². The van der Waals surface area contributed by atoms with Crippen LogP contribution in [0.4, 0.5) is 0 Å². The molecule has 3 nitrogen and oxygen atoms in total. The quantitative estimate of drug-likeness (QED) is 0.935. The van der Waals surface area contributed by atoms with E-state index in [1.165, 1.54) is 14.2 Å². The minimum Gasteiger partial charge on any atom is -0.313 e. The summed E-state index contributed by atoms with van der Waals surface area (Å²) < 4.78 is 1.17. The highest BCUT2D eigenvalue weighted by molar-refractivity contribution is 9.11. The minimum atomic E-state index is 0.282. The van der Waals surface area contributed by atoms with Crippen LogP contribution >= 0.6 is 27.3 Å². The van der Waals surface area contributed by atoms with E-state index in [0.29, 0.717) is 0 Å². The fraction of sp³-hybridized carbons (Fsp3) is 0.385. The van der Waals surface area contributed by atoms with Gasteiger partial charge < -0.3 is 5.32 Å². The summed E-state index contributed by atoms with van der Waals surface area (Å²) in [7, 11) is 1.99. The highest BCUT2D eigenvalue weighted by Crippen LogP contribution is 2.27. The van der Waals surface area contributed by atoms with E-state index >= 15 is 0 Å². The summed E-state index contributed by atoms with van der Waals surface area (Å²) in [6.07, 6.45) is 0.971. The van der Waals surface area contributed by atoms with Crippen molar-refractivity contribution in [2.24, 2.45) is 0 Å². The monoisotopic (exact) mass is 325 g/mol. The van der Waals surface area contributed by atoms with Crippen LogP contribution in [-0.2, 0) is 6.42 Å². The molecule has 0 aliphatic carbocycles. The van der Waals surface area contributed by atoms with Gasteiger partial charge in [0.1, 0.15) is 0 Å². The zero-order valence-corrected chi connectivity index (χ0v) is 13.1. The Kier molecular flexibility index (Phi) is 4.48. The van der Waals surface area contributed by atoms with Crippen molar-refractivity contribution in [3.8, 4) is 0 Å². The third-order valence-corrected chi connectivity index (χ3v) is 4.54. The Hall–Kier alpha value is -0.780. The highest BCUT2D eigenvalue weighted by atomic mass is 79.9.